The molecule has 0 saturated heterocycles. The monoisotopic (exact) mass is 417 g/mol. The molecular weight excluding hydrogens is 394 g/mol. The number of benzene rings is 2. The van der Waals surface area contributed by atoms with Crippen LogP contribution in [0.15, 0.2) is 71.2 Å². The van der Waals surface area contributed by atoms with Crippen molar-refractivity contribution in [1.29, 1.82) is 0 Å². The molecule has 0 aliphatic carbocycles. The van der Waals surface area contributed by atoms with Crippen LogP contribution in [-0.4, -0.2) is 52.2 Å². The average molecular weight is 417 g/mol. The summed E-state index contributed by atoms with van der Waals surface area (Å²) in [6, 6.07) is 13.0. The van der Waals surface area contributed by atoms with Crippen LogP contribution in [0.25, 0.3) is 0 Å². The number of carbonyl (C=O) groups excluding carboxylic acids is 1. The molecule has 0 bridgehead atoms. The molecule has 154 valence electrons. The maximum atomic E-state index is 12.5. The molecule has 0 atom stereocenters. The number of likely N-dealkylation sites (N-methyl/N-ethyl adjacent to an activating group) is 1. The number of rotatable bonds is 10. The van der Waals surface area contributed by atoms with E-state index in [2.05, 4.69) is 17.1 Å². The van der Waals surface area contributed by atoms with Crippen LogP contribution in [0.4, 0.5) is 0 Å². The van der Waals surface area contributed by atoms with Crippen LogP contribution < -0.4 is 14.9 Å². The van der Waals surface area contributed by atoms with Gasteiger partial charge in [-0.05, 0) is 42.0 Å². The third-order valence-electron chi connectivity index (χ3n) is 3.76. The maximum absolute atomic E-state index is 12.5. The molecule has 2 rings (SSSR count). The highest BCUT2D eigenvalue weighted by Gasteiger charge is 2.22. The molecule has 2 aromatic carbocycles. The van der Waals surface area contributed by atoms with Crippen LogP contribution in [-0.2, 0) is 14.8 Å². The van der Waals surface area contributed by atoms with E-state index in [-0.39, 0.29) is 11.4 Å². The molecule has 0 aromatic heterocycles. The number of nitrogens with one attached hydrogen (secondary N) is 1. The van der Waals surface area contributed by atoms with E-state index in [4.69, 9.17) is 9.47 Å². The minimum Gasteiger partial charge on any atom is -0.497 e. The van der Waals surface area contributed by atoms with Crippen LogP contribution >= 0.6 is 0 Å². The normalized spacial score (nSPS) is 11.4. The maximum Gasteiger partial charge on any atom is 0.255 e. The SMILES string of the molecule is C=CCOc1cccc(/C=N\NC(=O)CN(C)S(=O)(=O)c2ccc(OC)cc2)c1. The topological polar surface area (TPSA) is 97.3 Å². The Morgan fingerprint density at radius 2 is 1.93 bits per heavy atom. The van der Waals surface area contributed by atoms with Gasteiger partial charge >= 0.3 is 0 Å². The third kappa shape index (κ3) is 6.44. The summed E-state index contributed by atoms with van der Waals surface area (Å²) in [7, 11) is -0.996. The Hall–Kier alpha value is -3.17. The van der Waals surface area contributed by atoms with Gasteiger partial charge in [0.1, 0.15) is 18.1 Å². The van der Waals surface area contributed by atoms with Gasteiger partial charge < -0.3 is 9.47 Å². The van der Waals surface area contributed by atoms with Crippen molar-refractivity contribution in [3.05, 3.63) is 66.7 Å². The molecule has 1 amide bonds. The van der Waals surface area contributed by atoms with E-state index in [0.717, 1.165) is 4.31 Å². The van der Waals surface area contributed by atoms with Gasteiger partial charge in [-0.1, -0.05) is 24.8 Å². The summed E-state index contributed by atoms with van der Waals surface area (Å²) in [5.41, 5.74) is 3.03. The van der Waals surface area contributed by atoms with Crippen molar-refractivity contribution >= 4 is 22.1 Å². The van der Waals surface area contributed by atoms with Crippen molar-refractivity contribution in [2.75, 3.05) is 27.3 Å². The van der Waals surface area contributed by atoms with Crippen molar-refractivity contribution in [2.45, 2.75) is 4.90 Å². The number of sulfonamides is 1. The molecule has 0 aliphatic heterocycles. The van der Waals surface area contributed by atoms with Crippen molar-refractivity contribution < 1.29 is 22.7 Å². The zero-order valence-electron chi connectivity index (χ0n) is 16.2. The standard InChI is InChI=1S/C20H23N3O5S/c1-4-12-28-18-7-5-6-16(13-18)14-21-22-20(24)15-23(2)29(25,26)19-10-8-17(27-3)9-11-19/h4-11,13-14H,1,12,15H2,2-3H3,(H,22,24)/b21-14-. The number of amides is 1. The molecule has 0 radical (unpaired) electrons. The van der Waals surface area contributed by atoms with Crippen LogP contribution in [0.5, 0.6) is 11.5 Å². The van der Waals surface area contributed by atoms with Crippen LogP contribution in [0, 0.1) is 0 Å². The zero-order valence-corrected chi connectivity index (χ0v) is 17.1. The number of hydrazone groups is 1. The number of methoxy groups -OCH3 is 1. The van der Waals surface area contributed by atoms with E-state index in [1.54, 1.807) is 30.3 Å². The van der Waals surface area contributed by atoms with Gasteiger partial charge in [-0.25, -0.2) is 13.8 Å². The van der Waals surface area contributed by atoms with E-state index < -0.39 is 15.9 Å². The lowest BCUT2D eigenvalue weighted by atomic mass is 10.2. The molecular formula is C20H23N3O5S. The molecule has 0 unspecified atom stereocenters. The van der Waals surface area contributed by atoms with Crippen molar-refractivity contribution in [3.8, 4) is 11.5 Å². The summed E-state index contributed by atoms with van der Waals surface area (Å²) in [5, 5.41) is 3.86. The molecule has 0 saturated carbocycles. The average Bonchev–Trinajstić information content (AvgIpc) is 2.72. The van der Waals surface area contributed by atoms with Crippen molar-refractivity contribution in [1.82, 2.24) is 9.73 Å². The van der Waals surface area contributed by atoms with Gasteiger partial charge in [-0.15, -0.1) is 0 Å². The molecule has 2 aromatic rings. The second kappa shape index (κ2) is 10.4. The summed E-state index contributed by atoms with van der Waals surface area (Å²) in [6.07, 6.45) is 3.08. The molecule has 29 heavy (non-hydrogen) atoms. The second-order valence-electron chi connectivity index (χ2n) is 5.90. The first-order chi connectivity index (χ1) is 13.9. The minimum absolute atomic E-state index is 0.0634. The van der Waals surface area contributed by atoms with E-state index in [1.165, 1.54) is 44.6 Å². The summed E-state index contributed by atoms with van der Waals surface area (Å²) >= 11 is 0. The number of hydrogen-bond acceptors (Lipinski definition) is 6. The fourth-order valence-electron chi connectivity index (χ4n) is 2.27. The number of ether oxygens (including phenoxy) is 2. The van der Waals surface area contributed by atoms with Crippen LogP contribution in [0.1, 0.15) is 5.56 Å². The summed E-state index contributed by atoms with van der Waals surface area (Å²) < 4.78 is 36.4. The first kappa shape index (κ1) is 22.1. The van der Waals surface area contributed by atoms with Gasteiger partial charge in [0, 0.05) is 7.05 Å². The fourth-order valence-corrected chi connectivity index (χ4v) is 3.40. The predicted molar refractivity (Wildman–Crippen MR) is 111 cm³/mol. The third-order valence-corrected chi connectivity index (χ3v) is 5.58. The highest BCUT2D eigenvalue weighted by atomic mass is 32.2. The smallest absolute Gasteiger partial charge is 0.255 e. The van der Waals surface area contributed by atoms with E-state index >= 15 is 0 Å². The summed E-state index contributed by atoms with van der Waals surface area (Å²) in [4.78, 5) is 12.1. The highest BCUT2D eigenvalue weighted by Crippen LogP contribution is 2.18. The number of nitrogens with zero attached hydrogens (tertiary/aromatic N) is 2. The Kier molecular flexibility index (Phi) is 7.93. The molecule has 0 fully saturated rings. The van der Waals surface area contributed by atoms with E-state index in [1.807, 2.05) is 0 Å². The minimum atomic E-state index is -3.81. The molecule has 0 aliphatic rings. The lowest BCUT2D eigenvalue weighted by molar-refractivity contribution is -0.121. The number of carbonyl (C=O) groups is 1. The second-order valence-corrected chi connectivity index (χ2v) is 7.95. The summed E-state index contributed by atoms with van der Waals surface area (Å²) in [6.45, 7) is 3.58. The molecule has 1 N–H and O–H groups in total. The van der Waals surface area contributed by atoms with Crippen LogP contribution in [0.2, 0.25) is 0 Å². The fraction of sp³-hybridized carbons (Fsp3) is 0.200. The van der Waals surface area contributed by atoms with Crippen molar-refractivity contribution in [3.63, 3.8) is 0 Å². The van der Waals surface area contributed by atoms with Crippen molar-refractivity contribution in [2.24, 2.45) is 5.10 Å². The predicted octanol–water partition coefficient (Wildman–Crippen LogP) is 2.03. The van der Waals surface area contributed by atoms with Gasteiger partial charge in [0.15, 0.2) is 0 Å². The molecule has 8 nitrogen and oxygen atoms in total. The first-order valence-corrected chi connectivity index (χ1v) is 10.1. The van der Waals surface area contributed by atoms with E-state index in [9.17, 15) is 13.2 Å². The molecule has 0 spiro atoms. The lowest BCUT2D eigenvalue weighted by Crippen LogP contribution is -2.36. The Labute approximate surface area is 170 Å². The Morgan fingerprint density at radius 1 is 1.21 bits per heavy atom. The van der Waals surface area contributed by atoms with Crippen LogP contribution in [0.3, 0.4) is 0 Å². The van der Waals surface area contributed by atoms with Gasteiger partial charge in [0.2, 0.25) is 10.0 Å². The van der Waals surface area contributed by atoms with Gasteiger partial charge in [0.05, 0.1) is 24.8 Å². The number of hydrogen-bond donors (Lipinski definition) is 1. The van der Waals surface area contributed by atoms with Gasteiger partial charge in [-0.3, -0.25) is 4.79 Å². The Bertz CT molecular complexity index is 972. The molecule has 9 heteroatoms. The Balaban J connectivity index is 1.94. The zero-order chi connectivity index (χ0) is 21.3. The van der Waals surface area contributed by atoms with Gasteiger partial charge in [0.25, 0.3) is 5.91 Å². The Morgan fingerprint density at radius 3 is 2.59 bits per heavy atom. The first-order valence-electron chi connectivity index (χ1n) is 8.63. The quantitative estimate of drug-likeness (QED) is 0.362. The summed E-state index contributed by atoms with van der Waals surface area (Å²) in [5.74, 6) is 0.614. The highest BCUT2D eigenvalue weighted by molar-refractivity contribution is 7.89. The van der Waals surface area contributed by atoms with Gasteiger partial charge in [-0.2, -0.15) is 9.41 Å². The lowest BCUT2D eigenvalue weighted by Gasteiger charge is -2.16. The van der Waals surface area contributed by atoms with E-state index in [0.29, 0.717) is 23.7 Å². The molecule has 0 heterocycles. The largest absolute Gasteiger partial charge is 0.497 e.